The Morgan fingerprint density at radius 2 is 2.27 bits per heavy atom. The lowest BCUT2D eigenvalue weighted by molar-refractivity contribution is 0.207. The van der Waals surface area contributed by atoms with Crippen LogP contribution in [0.4, 0.5) is 0 Å². The van der Waals surface area contributed by atoms with Gasteiger partial charge in [-0.1, -0.05) is 13.8 Å². The van der Waals surface area contributed by atoms with Gasteiger partial charge in [-0.25, -0.2) is 0 Å². The monoisotopic (exact) mass is 211 g/mol. The zero-order chi connectivity index (χ0) is 11.3. The van der Waals surface area contributed by atoms with Crippen molar-refractivity contribution in [2.24, 2.45) is 5.41 Å². The van der Waals surface area contributed by atoms with E-state index in [4.69, 9.17) is 5.11 Å². The highest BCUT2D eigenvalue weighted by Gasteiger charge is 2.16. The Balaban J connectivity index is 2.30. The summed E-state index contributed by atoms with van der Waals surface area (Å²) in [5, 5.41) is 19.1. The van der Waals surface area contributed by atoms with E-state index in [0.717, 1.165) is 25.2 Å². The van der Waals surface area contributed by atoms with Crippen molar-refractivity contribution in [3.8, 4) is 0 Å². The summed E-state index contributed by atoms with van der Waals surface area (Å²) in [7, 11) is 0. The molecule has 1 aromatic heterocycles. The Morgan fingerprint density at radius 1 is 1.53 bits per heavy atom. The molecule has 0 aromatic carbocycles. The molecule has 0 spiro atoms. The van der Waals surface area contributed by atoms with Gasteiger partial charge in [0.25, 0.3) is 0 Å². The molecule has 0 fully saturated rings. The third-order valence-electron chi connectivity index (χ3n) is 2.64. The maximum atomic E-state index is 8.89. The molecule has 4 heteroatoms. The van der Waals surface area contributed by atoms with Gasteiger partial charge in [0.1, 0.15) is 0 Å². The molecule has 0 aliphatic rings. The Bertz CT molecular complexity index is 294. The van der Waals surface area contributed by atoms with Crippen LogP contribution in [0.5, 0.6) is 0 Å². The fourth-order valence-electron chi connectivity index (χ4n) is 1.48. The van der Waals surface area contributed by atoms with Gasteiger partial charge in [0, 0.05) is 31.0 Å². The van der Waals surface area contributed by atoms with Crippen LogP contribution in [0.3, 0.4) is 0 Å². The number of H-pyrrole nitrogens is 1. The highest BCUT2D eigenvalue weighted by molar-refractivity contribution is 5.13. The zero-order valence-corrected chi connectivity index (χ0v) is 9.80. The van der Waals surface area contributed by atoms with Crippen molar-refractivity contribution < 1.29 is 5.11 Å². The molecular weight excluding hydrogens is 190 g/mol. The van der Waals surface area contributed by atoms with Crippen LogP contribution in [0.15, 0.2) is 6.20 Å². The molecule has 0 aliphatic heterocycles. The number of aromatic nitrogens is 2. The minimum Gasteiger partial charge on any atom is -0.396 e. The first kappa shape index (κ1) is 12.2. The van der Waals surface area contributed by atoms with Crippen molar-refractivity contribution in [3.63, 3.8) is 0 Å². The van der Waals surface area contributed by atoms with Gasteiger partial charge in [-0.2, -0.15) is 5.10 Å². The molecule has 1 aromatic rings. The van der Waals surface area contributed by atoms with Gasteiger partial charge < -0.3 is 10.4 Å². The number of aromatic amines is 1. The lowest BCUT2D eigenvalue weighted by Crippen LogP contribution is -2.29. The number of nitrogens with one attached hydrogen (secondary N) is 2. The van der Waals surface area contributed by atoms with Gasteiger partial charge in [0.15, 0.2) is 0 Å². The van der Waals surface area contributed by atoms with Crippen LogP contribution in [0, 0.1) is 12.3 Å². The van der Waals surface area contributed by atoms with E-state index < -0.39 is 0 Å². The Hall–Kier alpha value is -0.870. The number of aryl methyl sites for hydroxylation is 1. The molecule has 0 radical (unpaired) electrons. The number of nitrogens with zero attached hydrogens (tertiary/aromatic N) is 1. The Morgan fingerprint density at radius 3 is 2.80 bits per heavy atom. The molecule has 0 amide bonds. The zero-order valence-electron chi connectivity index (χ0n) is 9.80. The summed E-state index contributed by atoms with van der Waals surface area (Å²) >= 11 is 0. The summed E-state index contributed by atoms with van der Waals surface area (Å²) in [6, 6.07) is 0. The van der Waals surface area contributed by atoms with Crippen molar-refractivity contribution in [2.75, 3.05) is 13.2 Å². The Labute approximate surface area is 91.1 Å². The van der Waals surface area contributed by atoms with E-state index in [-0.39, 0.29) is 12.0 Å². The summed E-state index contributed by atoms with van der Waals surface area (Å²) in [6.07, 6.45) is 2.67. The van der Waals surface area contributed by atoms with E-state index in [1.807, 2.05) is 13.1 Å². The van der Waals surface area contributed by atoms with Crippen molar-refractivity contribution in [1.82, 2.24) is 15.5 Å². The molecule has 1 rings (SSSR count). The maximum Gasteiger partial charge on any atom is 0.0535 e. The van der Waals surface area contributed by atoms with E-state index in [0.29, 0.717) is 0 Å². The standard InChI is InChI=1S/C11H21N3O/c1-9-10(7-13-14-9)6-12-8-11(2,3)4-5-15/h7,12,15H,4-6,8H2,1-3H3,(H,13,14). The van der Waals surface area contributed by atoms with Crippen molar-refractivity contribution in [1.29, 1.82) is 0 Å². The quantitative estimate of drug-likeness (QED) is 0.663. The largest absolute Gasteiger partial charge is 0.396 e. The first-order chi connectivity index (χ1) is 7.05. The van der Waals surface area contributed by atoms with E-state index in [1.54, 1.807) is 0 Å². The molecule has 1 heterocycles. The van der Waals surface area contributed by atoms with Gasteiger partial charge in [0.05, 0.1) is 6.20 Å². The first-order valence-corrected chi connectivity index (χ1v) is 5.35. The topological polar surface area (TPSA) is 60.9 Å². The second-order valence-electron chi connectivity index (χ2n) is 4.76. The smallest absolute Gasteiger partial charge is 0.0535 e. The summed E-state index contributed by atoms with van der Waals surface area (Å²) < 4.78 is 0. The third kappa shape index (κ3) is 4.01. The molecule has 4 nitrogen and oxygen atoms in total. The number of rotatable bonds is 6. The highest BCUT2D eigenvalue weighted by atomic mass is 16.3. The van der Waals surface area contributed by atoms with Crippen LogP contribution in [0.1, 0.15) is 31.5 Å². The second kappa shape index (κ2) is 5.28. The molecule has 0 atom stereocenters. The predicted molar refractivity (Wildman–Crippen MR) is 60.5 cm³/mol. The van der Waals surface area contributed by atoms with E-state index in [9.17, 15) is 0 Å². The van der Waals surface area contributed by atoms with Crippen LogP contribution in [0.25, 0.3) is 0 Å². The highest BCUT2D eigenvalue weighted by Crippen LogP contribution is 2.18. The molecule has 0 saturated carbocycles. The summed E-state index contributed by atoms with van der Waals surface area (Å²) in [6.45, 7) is 8.30. The average Bonchev–Trinajstić information content (AvgIpc) is 2.51. The minimum atomic E-state index is 0.145. The van der Waals surface area contributed by atoms with Gasteiger partial charge >= 0.3 is 0 Å². The summed E-state index contributed by atoms with van der Waals surface area (Å²) in [4.78, 5) is 0. The normalized spacial score (nSPS) is 12.0. The number of hydrogen-bond acceptors (Lipinski definition) is 3. The Kier molecular flexibility index (Phi) is 4.29. The summed E-state index contributed by atoms with van der Waals surface area (Å²) in [5.74, 6) is 0. The molecule has 3 N–H and O–H groups in total. The van der Waals surface area contributed by atoms with Crippen LogP contribution in [0.2, 0.25) is 0 Å². The molecule has 86 valence electrons. The van der Waals surface area contributed by atoms with Crippen LogP contribution < -0.4 is 5.32 Å². The fourth-order valence-corrected chi connectivity index (χ4v) is 1.48. The number of aliphatic hydroxyl groups excluding tert-OH is 1. The molecule has 0 unspecified atom stereocenters. The fraction of sp³-hybridized carbons (Fsp3) is 0.727. The van der Waals surface area contributed by atoms with Gasteiger partial charge in [-0.05, 0) is 18.8 Å². The second-order valence-corrected chi connectivity index (χ2v) is 4.76. The lowest BCUT2D eigenvalue weighted by Gasteiger charge is -2.23. The predicted octanol–water partition coefficient (Wildman–Crippen LogP) is 1.22. The van der Waals surface area contributed by atoms with Crippen molar-refractivity contribution in [3.05, 3.63) is 17.5 Å². The number of aliphatic hydroxyl groups is 1. The molecule has 0 bridgehead atoms. The third-order valence-corrected chi connectivity index (χ3v) is 2.64. The first-order valence-electron chi connectivity index (χ1n) is 5.35. The molecule has 15 heavy (non-hydrogen) atoms. The van der Waals surface area contributed by atoms with Crippen molar-refractivity contribution >= 4 is 0 Å². The average molecular weight is 211 g/mol. The lowest BCUT2D eigenvalue weighted by atomic mass is 9.90. The van der Waals surface area contributed by atoms with Crippen LogP contribution >= 0.6 is 0 Å². The molecule has 0 saturated heterocycles. The summed E-state index contributed by atoms with van der Waals surface area (Å²) in [5.41, 5.74) is 2.46. The van der Waals surface area contributed by atoms with Crippen LogP contribution in [-0.4, -0.2) is 28.5 Å². The van der Waals surface area contributed by atoms with E-state index >= 15 is 0 Å². The molecular formula is C11H21N3O. The number of hydrogen-bond donors (Lipinski definition) is 3. The van der Waals surface area contributed by atoms with E-state index in [2.05, 4.69) is 29.4 Å². The van der Waals surface area contributed by atoms with Gasteiger partial charge in [0.2, 0.25) is 0 Å². The van der Waals surface area contributed by atoms with Gasteiger partial charge in [-0.3, -0.25) is 5.10 Å². The van der Waals surface area contributed by atoms with E-state index in [1.165, 1.54) is 5.56 Å². The van der Waals surface area contributed by atoms with Crippen LogP contribution in [-0.2, 0) is 6.54 Å². The van der Waals surface area contributed by atoms with Gasteiger partial charge in [-0.15, -0.1) is 0 Å². The van der Waals surface area contributed by atoms with Crippen molar-refractivity contribution in [2.45, 2.75) is 33.7 Å². The minimum absolute atomic E-state index is 0.145. The molecule has 0 aliphatic carbocycles. The maximum absolute atomic E-state index is 8.89. The SMILES string of the molecule is Cc1[nH]ncc1CNCC(C)(C)CCO.